The molecule has 30 heavy (non-hydrogen) atoms. The minimum absolute atomic E-state index is 0.00694. The SMILES string of the molecule is CN(C)C(=O)C1CC1C=O.CNc1cc2cc(-c3cnccc3C)nc(N)c2cn1. The summed E-state index contributed by atoms with van der Waals surface area (Å²) in [5.41, 5.74) is 8.98. The van der Waals surface area contributed by atoms with E-state index in [0.29, 0.717) is 5.82 Å². The van der Waals surface area contributed by atoms with Crippen LogP contribution >= 0.6 is 0 Å². The maximum atomic E-state index is 11.0. The van der Waals surface area contributed by atoms with E-state index in [2.05, 4.69) is 20.3 Å². The monoisotopic (exact) mass is 406 g/mol. The van der Waals surface area contributed by atoms with Crippen LogP contribution in [0.4, 0.5) is 11.6 Å². The van der Waals surface area contributed by atoms with Gasteiger partial charge in [0.2, 0.25) is 5.91 Å². The molecule has 3 heterocycles. The third kappa shape index (κ3) is 4.53. The lowest BCUT2D eigenvalue weighted by Crippen LogP contribution is -2.24. The molecular weight excluding hydrogens is 380 g/mol. The summed E-state index contributed by atoms with van der Waals surface area (Å²) in [6.45, 7) is 2.03. The lowest BCUT2D eigenvalue weighted by Gasteiger charge is -2.09. The zero-order valence-electron chi connectivity index (χ0n) is 17.6. The Kier molecular flexibility index (Phi) is 6.25. The molecular formula is C22H26N6O2. The number of carbonyl (C=O) groups excluding carboxylic acids is 2. The van der Waals surface area contributed by atoms with Crippen LogP contribution in [0.15, 0.2) is 36.8 Å². The van der Waals surface area contributed by atoms with Gasteiger partial charge in [-0.3, -0.25) is 9.78 Å². The molecule has 0 radical (unpaired) electrons. The Balaban J connectivity index is 0.000000216. The van der Waals surface area contributed by atoms with Gasteiger partial charge >= 0.3 is 0 Å². The smallest absolute Gasteiger partial charge is 0.225 e. The number of aryl methyl sites for hydroxylation is 1. The van der Waals surface area contributed by atoms with Crippen molar-refractivity contribution in [1.82, 2.24) is 19.9 Å². The van der Waals surface area contributed by atoms with Gasteiger partial charge in [0.1, 0.15) is 17.9 Å². The Morgan fingerprint density at radius 1 is 1.30 bits per heavy atom. The lowest BCUT2D eigenvalue weighted by molar-refractivity contribution is -0.131. The quantitative estimate of drug-likeness (QED) is 0.640. The van der Waals surface area contributed by atoms with Crippen molar-refractivity contribution in [3.63, 3.8) is 0 Å². The van der Waals surface area contributed by atoms with Gasteiger partial charge in [-0.15, -0.1) is 0 Å². The number of amides is 1. The van der Waals surface area contributed by atoms with Crippen LogP contribution in [0.25, 0.3) is 22.0 Å². The number of rotatable bonds is 4. The van der Waals surface area contributed by atoms with Gasteiger partial charge in [-0.2, -0.15) is 0 Å². The fourth-order valence-corrected chi connectivity index (χ4v) is 3.16. The fourth-order valence-electron chi connectivity index (χ4n) is 3.16. The molecule has 8 heteroatoms. The number of aldehydes is 1. The molecule has 1 saturated carbocycles. The number of hydrogen-bond donors (Lipinski definition) is 2. The third-order valence-corrected chi connectivity index (χ3v) is 5.09. The molecule has 1 amide bonds. The van der Waals surface area contributed by atoms with Crippen molar-refractivity contribution in [3.8, 4) is 11.3 Å². The second-order valence-electron chi connectivity index (χ2n) is 7.50. The van der Waals surface area contributed by atoms with Crippen LogP contribution in [0, 0.1) is 18.8 Å². The first-order chi connectivity index (χ1) is 14.3. The topological polar surface area (TPSA) is 114 Å². The summed E-state index contributed by atoms with van der Waals surface area (Å²) in [4.78, 5) is 35.6. The van der Waals surface area contributed by atoms with Crippen LogP contribution in [-0.2, 0) is 9.59 Å². The first kappa shape index (κ1) is 21.2. The number of nitrogens with one attached hydrogen (secondary N) is 1. The first-order valence-electron chi connectivity index (χ1n) is 9.67. The molecule has 3 aromatic heterocycles. The van der Waals surface area contributed by atoms with Crippen molar-refractivity contribution < 1.29 is 9.59 Å². The summed E-state index contributed by atoms with van der Waals surface area (Å²) in [5, 5.41) is 4.89. The van der Waals surface area contributed by atoms with Gasteiger partial charge in [-0.25, -0.2) is 9.97 Å². The van der Waals surface area contributed by atoms with E-state index in [9.17, 15) is 9.59 Å². The lowest BCUT2D eigenvalue weighted by atomic mass is 10.1. The summed E-state index contributed by atoms with van der Waals surface area (Å²) in [6.07, 6.45) is 6.94. The van der Waals surface area contributed by atoms with Crippen molar-refractivity contribution in [3.05, 3.63) is 42.4 Å². The Bertz CT molecular complexity index is 1080. The molecule has 1 fully saturated rings. The van der Waals surface area contributed by atoms with Crippen molar-refractivity contribution in [1.29, 1.82) is 0 Å². The van der Waals surface area contributed by atoms with Gasteiger partial charge in [-0.05, 0) is 42.5 Å². The third-order valence-electron chi connectivity index (χ3n) is 5.09. The Hall–Kier alpha value is -3.55. The van der Waals surface area contributed by atoms with Crippen molar-refractivity contribution >= 4 is 34.6 Å². The molecule has 4 rings (SSSR count). The summed E-state index contributed by atoms with van der Waals surface area (Å²) in [7, 11) is 5.26. The summed E-state index contributed by atoms with van der Waals surface area (Å²) < 4.78 is 0. The predicted octanol–water partition coefficient (Wildman–Crippen LogP) is 2.53. The minimum atomic E-state index is -0.00694. The number of aromatic nitrogens is 3. The van der Waals surface area contributed by atoms with Gasteiger partial charge in [0, 0.05) is 62.5 Å². The highest BCUT2D eigenvalue weighted by molar-refractivity contribution is 5.94. The predicted molar refractivity (Wildman–Crippen MR) is 118 cm³/mol. The molecule has 8 nitrogen and oxygen atoms in total. The second-order valence-corrected chi connectivity index (χ2v) is 7.50. The number of nitrogens with zero attached hydrogens (tertiary/aromatic N) is 4. The second kappa shape index (κ2) is 8.86. The first-order valence-corrected chi connectivity index (χ1v) is 9.67. The summed E-state index contributed by atoms with van der Waals surface area (Å²) in [6, 6.07) is 5.93. The van der Waals surface area contributed by atoms with Gasteiger partial charge in [0.05, 0.1) is 5.69 Å². The Morgan fingerprint density at radius 3 is 2.67 bits per heavy atom. The van der Waals surface area contributed by atoms with E-state index in [1.54, 1.807) is 26.5 Å². The molecule has 0 saturated heterocycles. The number of fused-ring (bicyclic) bond motifs is 1. The van der Waals surface area contributed by atoms with E-state index in [0.717, 1.165) is 46.1 Å². The van der Waals surface area contributed by atoms with Gasteiger partial charge < -0.3 is 20.7 Å². The van der Waals surface area contributed by atoms with Gasteiger partial charge in [-0.1, -0.05) is 0 Å². The number of nitrogens with two attached hydrogens (primary N) is 1. The molecule has 1 aliphatic carbocycles. The van der Waals surface area contributed by atoms with Crippen LogP contribution < -0.4 is 11.1 Å². The van der Waals surface area contributed by atoms with E-state index in [-0.39, 0.29) is 17.7 Å². The number of carbonyl (C=O) groups is 2. The molecule has 3 N–H and O–H groups in total. The van der Waals surface area contributed by atoms with E-state index >= 15 is 0 Å². The van der Waals surface area contributed by atoms with Gasteiger partial charge in [0.15, 0.2) is 0 Å². The highest BCUT2D eigenvalue weighted by atomic mass is 16.2. The number of pyridine rings is 3. The van der Waals surface area contributed by atoms with Crippen LogP contribution in [0.1, 0.15) is 12.0 Å². The van der Waals surface area contributed by atoms with Crippen LogP contribution in [0.3, 0.4) is 0 Å². The number of hydrogen-bond acceptors (Lipinski definition) is 7. The molecule has 0 bridgehead atoms. The standard InChI is InChI=1S/C15H15N5.C7H11NO2/c1-9-3-4-18-7-11(9)13-5-10-6-14(17-2)19-8-12(10)15(16)20-13;1-8(2)7(10)6-3-5(6)4-9/h3-8H,1-2H3,(H2,16,20)(H,17,19);4-6H,3H2,1-2H3. The van der Waals surface area contributed by atoms with Crippen LogP contribution in [0.5, 0.6) is 0 Å². The minimum Gasteiger partial charge on any atom is -0.383 e. The highest BCUT2D eigenvalue weighted by Gasteiger charge is 2.43. The van der Waals surface area contributed by atoms with E-state index in [1.807, 2.05) is 38.4 Å². The highest BCUT2D eigenvalue weighted by Crippen LogP contribution is 2.37. The van der Waals surface area contributed by atoms with Crippen molar-refractivity contribution in [2.24, 2.45) is 11.8 Å². The molecule has 0 aliphatic heterocycles. The summed E-state index contributed by atoms with van der Waals surface area (Å²) in [5.74, 6) is 1.37. The van der Waals surface area contributed by atoms with E-state index in [1.165, 1.54) is 4.90 Å². The Morgan fingerprint density at radius 2 is 2.07 bits per heavy atom. The zero-order chi connectivity index (χ0) is 21.8. The fraction of sp³-hybridized carbons (Fsp3) is 0.318. The zero-order valence-corrected chi connectivity index (χ0v) is 17.6. The average molecular weight is 406 g/mol. The normalized spacial score (nSPS) is 16.9. The van der Waals surface area contributed by atoms with Crippen molar-refractivity contribution in [2.45, 2.75) is 13.3 Å². The van der Waals surface area contributed by atoms with Crippen LogP contribution in [-0.4, -0.2) is 53.2 Å². The maximum Gasteiger partial charge on any atom is 0.225 e. The molecule has 156 valence electrons. The number of anilines is 2. The number of nitrogen functional groups attached to an aromatic ring is 1. The van der Waals surface area contributed by atoms with E-state index < -0.39 is 0 Å². The molecule has 0 spiro atoms. The molecule has 3 aromatic rings. The van der Waals surface area contributed by atoms with Crippen LogP contribution in [0.2, 0.25) is 0 Å². The largest absolute Gasteiger partial charge is 0.383 e. The molecule has 1 aliphatic rings. The van der Waals surface area contributed by atoms with E-state index in [4.69, 9.17) is 5.73 Å². The Labute approximate surface area is 175 Å². The van der Waals surface area contributed by atoms with Crippen molar-refractivity contribution in [2.75, 3.05) is 32.2 Å². The molecule has 2 unspecified atom stereocenters. The maximum absolute atomic E-state index is 11.0. The molecule has 2 atom stereocenters. The summed E-state index contributed by atoms with van der Waals surface area (Å²) >= 11 is 0. The average Bonchev–Trinajstić information content (AvgIpc) is 3.53. The van der Waals surface area contributed by atoms with Gasteiger partial charge in [0.25, 0.3) is 0 Å². The molecule has 0 aromatic carbocycles.